The fourth-order valence-corrected chi connectivity index (χ4v) is 6.18. The van der Waals surface area contributed by atoms with E-state index >= 15 is 0 Å². The standard InChI is InChI=1S/C18H24NSi.C18H14N.Ir/c1-13(2)16-11-17(15-9-7-14(3)8-10-15)19-12-18(16)20(4,5)6;1-3-7-15(8-4-1)13-16-11-12-19-18(14-16)17-9-5-2-6-10-17;/h7-9,11-13H,1-6H3;1-9,11-12,14H,13H2;/q2*-1;. The number of nitrogens with zero attached hydrogens (tertiary/aromatic N) is 2. The van der Waals surface area contributed by atoms with Crippen molar-refractivity contribution in [3.05, 3.63) is 138 Å². The first-order valence-corrected chi connectivity index (χ1v) is 17.2. The van der Waals surface area contributed by atoms with Crippen LogP contribution in [0.1, 0.15) is 42.0 Å². The summed E-state index contributed by atoms with van der Waals surface area (Å²) in [6, 6.07) is 37.7. The third-order valence-corrected chi connectivity index (χ3v) is 8.70. The number of aryl methyl sites for hydroxylation is 1. The second-order valence-corrected chi connectivity index (χ2v) is 16.4. The molecule has 5 rings (SSSR count). The fraction of sp³-hybridized carbons (Fsp3) is 0.222. The van der Waals surface area contributed by atoms with Crippen molar-refractivity contribution in [2.75, 3.05) is 0 Å². The largest absolute Gasteiger partial charge is 0.305 e. The Labute approximate surface area is 255 Å². The average molecular weight is 719 g/mol. The van der Waals surface area contributed by atoms with Gasteiger partial charge in [0.2, 0.25) is 0 Å². The third-order valence-electron chi connectivity index (χ3n) is 6.67. The fourth-order valence-electron chi connectivity index (χ4n) is 4.50. The molecule has 0 aliphatic heterocycles. The van der Waals surface area contributed by atoms with Gasteiger partial charge in [0.15, 0.2) is 0 Å². The molecule has 0 amide bonds. The molecule has 0 bridgehead atoms. The van der Waals surface area contributed by atoms with Crippen LogP contribution in [-0.4, -0.2) is 18.0 Å². The summed E-state index contributed by atoms with van der Waals surface area (Å²) in [7, 11) is -1.35. The molecule has 2 nitrogen and oxygen atoms in total. The predicted molar refractivity (Wildman–Crippen MR) is 168 cm³/mol. The second-order valence-electron chi connectivity index (χ2n) is 11.3. The maximum absolute atomic E-state index is 4.69. The van der Waals surface area contributed by atoms with Crippen LogP contribution in [0.15, 0.2) is 103 Å². The van der Waals surface area contributed by atoms with E-state index in [2.05, 4.69) is 118 Å². The van der Waals surface area contributed by atoms with Gasteiger partial charge < -0.3 is 9.97 Å². The minimum atomic E-state index is -1.35. The minimum absolute atomic E-state index is 0. The Balaban J connectivity index is 0.000000215. The van der Waals surface area contributed by atoms with E-state index in [4.69, 9.17) is 4.98 Å². The average Bonchev–Trinajstić information content (AvgIpc) is 2.94. The van der Waals surface area contributed by atoms with Gasteiger partial charge in [-0.1, -0.05) is 88.4 Å². The quantitative estimate of drug-likeness (QED) is 0.130. The van der Waals surface area contributed by atoms with Gasteiger partial charge in [0.1, 0.15) is 0 Å². The van der Waals surface area contributed by atoms with Gasteiger partial charge in [0, 0.05) is 32.5 Å². The summed E-state index contributed by atoms with van der Waals surface area (Å²) in [6.45, 7) is 13.8. The van der Waals surface area contributed by atoms with Crippen LogP contribution in [0.4, 0.5) is 0 Å². The summed E-state index contributed by atoms with van der Waals surface area (Å²) in [5, 5.41) is 1.48. The van der Waals surface area contributed by atoms with Gasteiger partial charge in [-0.15, -0.1) is 71.3 Å². The molecular weight excluding hydrogens is 681 g/mol. The van der Waals surface area contributed by atoms with E-state index in [0.29, 0.717) is 5.92 Å². The molecule has 40 heavy (non-hydrogen) atoms. The summed E-state index contributed by atoms with van der Waals surface area (Å²) in [6.07, 6.45) is 4.90. The molecule has 207 valence electrons. The number of hydrogen-bond acceptors (Lipinski definition) is 2. The van der Waals surface area contributed by atoms with Crippen LogP contribution >= 0.6 is 0 Å². The van der Waals surface area contributed by atoms with Crippen molar-refractivity contribution < 1.29 is 20.1 Å². The van der Waals surface area contributed by atoms with E-state index in [1.807, 2.05) is 42.6 Å². The molecule has 0 spiro atoms. The number of aromatic nitrogens is 2. The number of benzene rings is 3. The molecule has 1 radical (unpaired) electrons. The van der Waals surface area contributed by atoms with Gasteiger partial charge in [-0.05, 0) is 46.1 Å². The van der Waals surface area contributed by atoms with Crippen LogP contribution < -0.4 is 5.19 Å². The summed E-state index contributed by atoms with van der Waals surface area (Å²) >= 11 is 0. The zero-order chi connectivity index (χ0) is 27.8. The second kappa shape index (κ2) is 14.5. The summed E-state index contributed by atoms with van der Waals surface area (Å²) in [5.74, 6) is 0.531. The van der Waals surface area contributed by atoms with Gasteiger partial charge in [-0.25, -0.2) is 0 Å². The normalized spacial score (nSPS) is 10.9. The van der Waals surface area contributed by atoms with Gasteiger partial charge in [-0.2, -0.15) is 0 Å². The van der Waals surface area contributed by atoms with E-state index in [1.54, 1.807) is 0 Å². The predicted octanol–water partition coefficient (Wildman–Crippen LogP) is 8.66. The topological polar surface area (TPSA) is 25.8 Å². The Hall–Kier alpha value is -3.17. The Morgan fingerprint density at radius 1 is 0.750 bits per heavy atom. The Morgan fingerprint density at radius 3 is 2.08 bits per heavy atom. The molecule has 0 unspecified atom stereocenters. The number of hydrogen-bond donors (Lipinski definition) is 0. The molecule has 0 saturated heterocycles. The third kappa shape index (κ3) is 8.66. The Bertz CT molecular complexity index is 1480. The van der Waals surface area contributed by atoms with Crippen LogP contribution in [0.25, 0.3) is 22.5 Å². The van der Waals surface area contributed by atoms with E-state index in [-0.39, 0.29) is 20.1 Å². The molecule has 5 aromatic rings. The van der Waals surface area contributed by atoms with Crippen molar-refractivity contribution in [3.63, 3.8) is 0 Å². The SMILES string of the molecule is Cc1c[c-]c(-c2cc(C(C)C)c([Si](C)(C)C)cn2)cc1.[Ir].[c-]1ccccc1-c1cc(Cc2ccccc2)ccn1. The molecule has 0 aliphatic carbocycles. The molecule has 2 heterocycles. The van der Waals surface area contributed by atoms with Crippen LogP contribution in [0.2, 0.25) is 19.6 Å². The van der Waals surface area contributed by atoms with E-state index in [0.717, 1.165) is 28.9 Å². The van der Waals surface area contributed by atoms with E-state index in [9.17, 15) is 0 Å². The first kappa shape index (κ1) is 31.4. The van der Waals surface area contributed by atoms with E-state index < -0.39 is 8.07 Å². The van der Waals surface area contributed by atoms with Crippen LogP contribution in [0, 0.1) is 19.1 Å². The molecule has 0 fully saturated rings. The number of rotatable bonds is 6. The van der Waals surface area contributed by atoms with Gasteiger partial charge in [-0.3, -0.25) is 0 Å². The first-order valence-electron chi connectivity index (χ1n) is 13.7. The van der Waals surface area contributed by atoms with Gasteiger partial charge in [0.25, 0.3) is 0 Å². The molecule has 0 atom stereocenters. The first-order chi connectivity index (χ1) is 18.7. The van der Waals surface area contributed by atoms with Gasteiger partial charge in [0.05, 0.1) is 8.07 Å². The maximum Gasteiger partial charge on any atom is 0.0799 e. The molecule has 0 N–H and O–H groups in total. The van der Waals surface area contributed by atoms with Crippen molar-refractivity contribution in [1.29, 1.82) is 0 Å². The monoisotopic (exact) mass is 719 g/mol. The van der Waals surface area contributed by atoms with E-state index in [1.165, 1.54) is 27.4 Å². The molecule has 3 aromatic carbocycles. The Kier molecular flexibility index (Phi) is 11.3. The smallest absolute Gasteiger partial charge is 0.0799 e. The zero-order valence-corrected chi connectivity index (χ0v) is 27.7. The van der Waals surface area contributed by atoms with Crippen molar-refractivity contribution in [3.8, 4) is 22.5 Å². The van der Waals surface area contributed by atoms with Crippen molar-refractivity contribution in [2.24, 2.45) is 0 Å². The summed E-state index contributed by atoms with van der Waals surface area (Å²) in [5.41, 5.74) is 9.41. The molecule has 2 aromatic heterocycles. The minimum Gasteiger partial charge on any atom is -0.305 e. The zero-order valence-electron chi connectivity index (χ0n) is 24.3. The van der Waals surface area contributed by atoms with Crippen LogP contribution in [0.3, 0.4) is 0 Å². The molecule has 4 heteroatoms. The van der Waals surface area contributed by atoms with Crippen molar-refractivity contribution >= 4 is 13.3 Å². The van der Waals surface area contributed by atoms with Gasteiger partial charge >= 0.3 is 0 Å². The molecular formula is C36H38IrN2Si-2. The molecule has 0 aliphatic rings. The van der Waals surface area contributed by atoms with Crippen LogP contribution in [0.5, 0.6) is 0 Å². The molecule has 0 saturated carbocycles. The number of pyridine rings is 2. The summed E-state index contributed by atoms with van der Waals surface area (Å²) in [4.78, 5) is 9.11. The maximum atomic E-state index is 4.69. The Morgan fingerprint density at radius 2 is 1.45 bits per heavy atom. The van der Waals surface area contributed by atoms with Crippen LogP contribution in [-0.2, 0) is 26.5 Å². The van der Waals surface area contributed by atoms with Crippen molar-refractivity contribution in [2.45, 2.75) is 52.8 Å². The van der Waals surface area contributed by atoms with Crippen molar-refractivity contribution in [1.82, 2.24) is 9.97 Å². The summed E-state index contributed by atoms with van der Waals surface area (Å²) < 4.78 is 0.